The molecule has 158 valence electrons. The van der Waals surface area contributed by atoms with Gasteiger partial charge in [-0.3, -0.25) is 4.79 Å². The predicted octanol–water partition coefficient (Wildman–Crippen LogP) is 2.83. The third kappa shape index (κ3) is 5.04. The van der Waals surface area contributed by atoms with Gasteiger partial charge in [0, 0.05) is 11.3 Å². The van der Waals surface area contributed by atoms with Crippen molar-refractivity contribution in [1.82, 2.24) is 10.3 Å². The second-order valence-electron chi connectivity index (χ2n) is 7.50. The number of rotatable bonds is 6. The summed E-state index contributed by atoms with van der Waals surface area (Å²) in [4.78, 5) is 41.7. The third-order valence-electron chi connectivity index (χ3n) is 4.03. The number of nitrogens with one attached hydrogen (secondary N) is 1. The highest BCUT2D eigenvalue weighted by atomic mass is 16.6. The molecule has 0 radical (unpaired) electrons. The van der Waals surface area contributed by atoms with Crippen LogP contribution in [0.3, 0.4) is 0 Å². The number of ether oxygens (including phenoxy) is 2. The van der Waals surface area contributed by atoms with Gasteiger partial charge >= 0.3 is 17.8 Å². The number of nitrogens with zero attached hydrogens (tertiary/aromatic N) is 1. The number of anilines is 1. The van der Waals surface area contributed by atoms with Crippen molar-refractivity contribution in [2.45, 2.75) is 59.6 Å². The number of aromatic nitrogens is 1. The maximum atomic E-state index is 13.0. The summed E-state index contributed by atoms with van der Waals surface area (Å²) >= 11 is 0. The maximum absolute atomic E-state index is 13.0. The van der Waals surface area contributed by atoms with E-state index in [0.717, 1.165) is 0 Å². The standard InChI is InChI=1S/C20H27N3O6/c1-7-11-14(16(24)10(3)22-18(26)29-20(4,5)6)12(21)9-13-15(11)17(25)28-19(23-13)27-8-2/h9-10H,7-8,21H2,1-6H3,(H,22,26). The molecular weight excluding hydrogens is 378 g/mol. The molecule has 9 nitrogen and oxygen atoms in total. The number of benzene rings is 1. The van der Waals surface area contributed by atoms with Gasteiger partial charge in [0.2, 0.25) is 0 Å². The molecule has 1 atom stereocenters. The Morgan fingerprint density at radius 3 is 2.52 bits per heavy atom. The Kier molecular flexibility index (Phi) is 6.51. The Morgan fingerprint density at radius 1 is 1.31 bits per heavy atom. The summed E-state index contributed by atoms with van der Waals surface area (Å²) in [5, 5.41) is 2.66. The van der Waals surface area contributed by atoms with Crippen molar-refractivity contribution in [3.05, 3.63) is 27.6 Å². The van der Waals surface area contributed by atoms with Gasteiger partial charge in [-0.25, -0.2) is 9.59 Å². The molecule has 1 heterocycles. The average molecular weight is 405 g/mol. The van der Waals surface area contributed by atoms with Crippen LogP contribution in [-0.2, 0) is 11.2 Å². The number of amides is 1. The summed E-state index contributed by atoms with van der Waals surface area (Å²) < 4.78 is 15.4. The molecule has 0 aliphatic heterocycles. The quantitative estimate of drug-likeness (QED) is 0.553. The van der Waals surface area contributed by atoms with E-state index in [9.17, 15) is 14.4 Å². The highest BCUT2D eigenvalue weighted by molar-refractivity contribution is 6.10. The van der Waals surface area contributed by atoms with Gasteiger partial charge < -0.3 is 24.9 Å². The van der Waals surface area contributed by atoms with Crippen LogP contribution in [0.25, 0.3) is 10.9 Å². The second kappa shape index (κ2) is 8.50. The first-order valence-corrected chi connectivity index (χ1v) is 9.41. The molecule has 2 aromatic rings. The molecule has 2 rings (SSSR count). The van der Waals surface area contributed by atoms with Crippen molar-refractivity contribution in [3.63, 3.8) is 0 Å². The monoisotopic (exact) mass is 405 g/mol. The van der Waals surface area contributed by atoms with Crippen molar-refractivity contribution in [3.8, 4) is 6.08 Å². The number of nitrogens with two attached hydrogens (primary N) is 1. The largest absolute Gasteiger partial charge is 0.450 e. The molecule has 1 unspecified atom stereocenters. The summed E-state index contributed by atoms with van der Waals surface area (Å²) in [5.74, 6) is -0.444. The highest BCUT2D eigenvalue weighted by Gasteiger charge is 2.27. The lowest BCUT2D eigenvalue weighted by molar-refractivity contribution is 0.0496. The minimum absolute atomic E-state index is 0.151. The zero-order valence-corrected chi connectivity index (χ0v) is 17.5. The van der Waals surface area contributed by atoms with E-state index in [0.29, 0.717) is 12.0 Å². The van der Waals surface area contributed by atoms with Crippen LogP contribution in [0.1, 0.15) is 57.5 Å². The molecule has 1 aromatic heterocycles. The number of fused-ring (bicyclic) bond motifs is 1. The summed E-state index contributed by atoms with van der Waals surface area (Å²) in [6.07, 6.45) is -0.550. The summed E-state index contributed by atoms with van der Waals surface area (Å²) in [6, 6.07) is 0.513. The van der Waals surface area contributed by atoms with E-state index in [4.69, 9.17) is 19.6 Å². The number of carbonyl (C=O) groups excluding carboxylic acids is 2. The number of ketones is 1. The topological polar surface area (TPSA) is 134 Å². The third-order valence-corrected chi connectivity index (χ3v) is 4.03. The van der Waals surface area contributed by atoms with E-state index in [1.165, 1.54) is 13.0 Å². The Morgan fingerprint density at radius 2 is 1.97 bits per heavy atom. The van der Waals surface area contributed by atoms with Crippen LogP contribution in [-0.4, -0.2) is 35.1 Å². The van der Waals surface area contributed by atoms with Crippen LogP contribution < -0.4 is 21.4 Å². The van der Waals surface area contributed by atoms with Gasteiger partial charge in [0.1, 0.15) is 5.60 Å². The first-order chi connectivity index (χ1) is 13.5. The SMILES string of the molecule is CCOc1nc2cc(N)c(C(=O)C(C)NC(=O)OC(C)(C)C)c(CC)c2c(=O)o1. The number of Topliss-reactive ketones (excluding diaryl/α,β-unsaturated/α-hetero) is 1. The molecule has 0 saturated heterocycles. The molecule has 1 amide bonds. The lowest BCUT2D eigenvalue weighted by atomic mass is 9.93. The van der Waals surface area contributed by atoms with Gasteiger partial charge in [0.15, 0.2) is 5.78 Å². The summed E-state index contributed by atoms with van der Waals surface area (Å²) in [5.41, 5.74) is 5.75. The number of nitrogen functional groups attached to an aromatic ring is 1. The molecular formula is C20H27N3O6. The molecule has 3 N–H and O–H groups in total. The molecule has 0 aliphatic carbocycles. The van der Waals surface area contributed by atoms with E-state index in [1.54, 1.807) is 34.6 Å². The van der Waals surface area contributed by atoms with Gasteiger partial charge in [0.05, 0.1) is 23.6 Å². The van der Waals surface area contributed by atoms with Crippen LogP contribution in [0.2, 0.25) is 0 Å². The fourth-order valence-corrected chi connectivity index (χ4v) is 2.91. The van der Waals surface area contributed by atoms with Crippen molar-refractivity contribution in [2.75, 3.05) is 12.3 Å². The Balaban J connectivity index is 2.49. The van der Waals surface area contributed by atoms with Gasteiger partial charge in [-0.1, -0.05) is 6.92 Å². The van der Waals surface area contributed by atoms with E-state index < -0.39 is 29.1 Å². The van der Waals surface area contributed by atoms with Crippen LogP contribution in [0, 0.1) is 0 Å². The molecule has 0 spiro atoms. The van der Waals surface area contributed by atoms with Crippen LogP contribution in [0.5, 0.6) is 6.08 Å². The van der Waals surface area contributed by atoms with E-state index in [-0.39, 0.29) is 34.8 Å². The van der Waals surface area contributed by atoms with Crippen LogP contribution in [0.15, 0.2) is 15.3 Å². The predicted molar refractivity (Wildman–Crippen MR) is 108 cm³/mol. The summed E-state index contributed by atoms with van der Waals surface area (Å²) in [6.45, 7) is 10.5. The number of alkyl carbamates (subject to hydrolysis) is 1. The highest BCUT2D eigenvalue weighted by Crippen LogP contribution is 2.28. The lowest BCUT2D eigenvalue weighted by Gasteiger charge is -2.22. The van der Waals surface area contributed by atoms with Crippen molar-refractivity contribution in [2.24, 2.45) is 0 Å². The Bertz CT molecular complexity index is 990. The Labute approximate surface area is 168 Å². The molecule has 29 heavy (non-hydrogen) atoms. The first kappa shape index (κ1) is 22.2. The molecule has 0 bridgehead atoms. The van der Waals surface area contributed by atoms with E-state index >= 15 is 0 Å². The minimum Gasteiger partial charge on any atom is -0.450 e. The fourth-order valence-electron chi connectivity index (χ4n) is 2.91. The number of carbonyl (C=O) groups is 2. The molecule has 1 aromatic carbocycles. The van der Waals surface area contributed by atoms with Crippen molar-refractivity contribution in [1.29, 1.82) is 0 Å². The van der Waals surface area contributed by atoms with E-state index in [1.807, 2.05) is 0 Å². The van der Waals surface area contributed by atoms with Gasteiger partial charge in [0.25, 0.3) is 0 Å². The normalized spacial score (nSPS) is 12.5. The molecule has 0 aliphatic rings. The fraction of sp³-hybridized carbons (Fsp3) is 0.500. The number of hydrogen-bond donors (Lipinski definition) is 2. The lowest BCUT2D eigenvalue weighted by Crippen LogP contribution is -2.42. The number of hydrogen-bond acceptors (Lipinski definition) is 8. The second-order valence-corrected chi connectivity index (χ2v) is 7.50. The molecule has 0 fully saturated rings. The Hall–Kier alpha value is -3.10. The maximum Gasteiger partial charge on any atom is 0.408 e. The van der Waals surface area contributed by atoms with Crippen molar-refractivity contribution >= 4 is 28.5 Å². The van der Waals surface area contributed by atoms with Gasteiger partial charge in [-0.05, 0) is 52.7 Å². The minimum atomic E-state index is -0.919. The molecule has 9 heteroatoms. The first-order valence-electron chi connectivity index (χ1n) is 9.41. The smallest absolute Gasteiger partial charge is 0.408 e. The number of aryl methyl sites for hydroxylation is 1. The zero-order chi connectivity index (χ0) is 21.9. The molecule has 0 saturated carbocycles. The van der Waals surface area contributed by atoms with E-state index in [2.05, 4.69) is 10.3 Å². The van der Waals surface area contributed by atoms with Gasteiger partial charge in [-0.15, -0.1) is 0 Å². The zero-order valence-electron chi connectivity index (χ0n) is 17.5. The van der Waals surface area contributed by atoms with Crippen LogP contribution in [0.4, 0.5) is 10.5 Å². The van der Waals surface area contributed by atoms with Crippen LogP contribution >= 0.6 is 0 Å². The van der Waals surface area contributed by atoms with Gasteiger partial charge in [-0.2, -0.15) is 4.98 Å². The summed E-state index contributed by atoms with van der Waals surface area (Å²) in [7, 11) is 0. The van der Waals surface area contributed by atoms with Crippen molar-refractivity contribution < 1.29 is 23.5 Å². The average Bonchev–Trinajstić information content (AvgIpc) is 2.58.